The van der Waals surface area contributed by atoms with E-state index in [1.807, 2.05) is 19.3 Å². The van der Waals surface area contributed by atoms with Crippen molar-refractivity contribution in [3.8, 4) is 0 Å². The van der Waals surface area contributed by atoms with Gasteiger partial charge in [-0.25, -0.2) is 0 Å². The lowest BCUT2D eigenvalue weighted by Crippen LogP contribution is -2.33. The number of nitrogens with zero attached hydrogens (tertiary/aromatic N) is 1. The molecule has 1 heterocycles. The van der Waals surface area contributed by atoms with Gasteiger partial charge in [0, 0.05) is 17.7 Å². The molecule has 0 amide bonds. The van der Waals surface area contributed by atoms with E-state index in [1.165, 1.54) is 5.57 Å². The number of allylic oxidation sites excluding steroid dienone is 2. The fourth-order valence-electron chi connectivity index (χ4n) is 1.39. The molecule has 4 heteroatoms. The van der Waals surface area contributed by atoms with Crippen LogP contribution in [0.15, 0.2) is 34.5 Å². The topological polar surface area (TPSA) is 24.5 Å². The number of nitrogens with one attached hydrogen (secondary N) is 1. The van der Waals surface area contributed by atoms with Gasteiger partial charge in [0.05, 0.1) is 0 Å². The average Bonchev–Trinajstić information content (AvgIpc) is 2.25. The van der Waals surface area contributed by atoms with E-state index in [0.29, 0.717) is 0 Å². The maximum absolute atomic E-state index is 5.59. The van der Waals surface area contributed by atoms with Crippen LogP contribution >= 0.6 is 15.9 Å². The summed E-state index contributed by atoms with van der Waals surface area (Å²) in [6.07, 6.45) is 9.13. The first-order valence-corrected chi connectivity index (χ1v) is 4.95. The van der Waals surface area contributed by atoms with Crippen LogP contribution in [-0.2, 0) is 4.84 Å². The van der Waals surface area contributed by atoms with Crippen molar-refractivity contribution in [3.63, 3.8) is 0 Å². The number of hydrogen-bond donors (Lipinski definition) is 1. The Bertz CT molecular complexity index is 296. The van der Waals surface area contributed by atoms with Gasteiger partial charge in [-0.15, -0.1) is 5.17 Å². The highest BCUT2D eigenvalue weighted by atomic mass is 79.9. The zero-order valence-electron chi connectivity index (χ0n) is 7.33. The summed E-state index contributed by atoms with van der Waals surface area (Å²) in [5.41, 5.74) is 4.15. The van der Waals surface area contributed by atoms with E-state index >= 15 is 0 Å². The van der Waals surface area contributed by atoms with Gasteiger partial charge in [0.15, 0.2) is 0 Å². The van der Waals surface area contributed by atoms with Crippen LogP contribution in [0, 0.1) is 0 Å². The number of hydrazine groups is 1. The molecule has 1 N–H and O–H groups in total. The van der Waals surface area contributed by atoms with Crippen molar-refractivity contribution in [3.05, 3.63) is 34.5 Å². The zero-order valence-corrected chi connectivity index (χ0v) is 8.91. The number of halogens is 1. The van der Waals surface area contributed by atoms with Gasteiger partial charge in [0.1, 0.15) is 6.10 Å². The summed E-state index contributed by atoms with van der Waals surface area (Å²) in [5, 5.41) is 1.62. The Morgan fingerprint density at radius 2 is 2.54 bits per heavy atom. The highest BCUT2D eigenvalue weighted by molar-refractivity contribution is 9.11. The van der Waals surface area contributed by atoms with Crippen LogP contribution in [0.1, 0.15) is 6.42 Å². The average molecular weight is 243 g/mol. The van der Waals surface area contributed by atoms with E-state index in [2.05, 4.69) is 33.5 Å². The first-order chi connectivity index (χ1) is 6.25. The Labute approximate surface area is 85.8 Å². The monoisotopic (exact) mass is 242 g/mol. The molecule has 2 rings (SSSR count). The van der Waals surface area contributed by atoms with Crippen molar-refractivity contribution in [1.82, 2.24) is 10.6 Å². The quantitative estimate of drug-likeness (QED) is 0.702. The van der Waals surface area contributed by atoms with Crippen LogP contribution in [0.2, 0.25) is 0 Å². The van der Waals surface area contributed by atoms with Gasteiger partial charge in [0.25, 0.3) is 0 Å². The molecule has 1 aliphatic carbocycles. The molecule has 0 aromatic heterocycles. The molecule has 1 aliphatic heterocycles. The minimum atomic E-state index is 0.137. The SMILES string of the molecule is CN1NC=CC2=CC(Br)=CCC2O1. The molecule has 13 heavy (non-hydrogen) atoms. The molecule has 0 bridgehead atoms. The molecule has 0 radical (unpaired) electrons. The van der Waals surface area contributed by atoms with Crippen molar-refractivity contribution in [2.45, 2.75) is 12.5 Å². The Balaban J connectivity index is 2.23. The highest BCUT2D eigenvalue weighted by Gasteiger charge is 2.19. The molecule has 0 aromatic rings. The van der Waals surface area contributed by atoms with Crippen LogP contribution in [0.4, 0.5) is 0 Å². The zero-order chi connectivity index (χ0) is 9.26. The highest BCUT2D eigenvalue weighted by Crippen LogP contribution is 2.25. The van der Waals surface area contributed by atoms with E-state index in [1.54, 1.807) is 5.17 Å². The summed E-state index contributed by atoms with van der Waals surface area (Å²) in [4.78, 5) is 5.59. The first-order valence-electron chi connectivity index (χ1n) is 4.16. The fourth-order valence-corrected chi connectivity index (χ4v) is 1.84. The molecule has 0 aromatic carbocycles. The number of rotatable bonds is 0. The van der Waals surface area contributed by atoms with E-state index in [-0.39, 0.29) is 6.10 Å². The minimum absolute atomic E-state index is 0.137. The molecule has 70 valence electrons. The van der Waals surface area contributed by atoms with Crippen molar-refractivity contribution in [1.29, 1.82) is 0 Å². The van der Waals surface area contributed by atoms with Gasteiger partial charge in [-0.1, -0.05) is 22.0 Å². The Hall–Kier alpha value is -0.580. The normalized spacial score (nSPS) is 28.3. The molecular weight excluding hydrogens is 232 g/mol. The second-order valence-electron chi connectivity index (χ2n) is 3.02. The lowest BCUT2D eigenvalue weighted by atomic mass is 10.0. The Kier molecular flexibility index (Phi) is 2.53. The van der Waals surface area contributed by atoms with Gasteiger partial charge < -0.3 is 5.43 Å². The Morgan fingerprint density at radius 3 is 3.38 bits per heavy atom. The Morgan fingerprint density at radius 1 is 1.69 bits per heavy atom. The molecule has 1 unspecified atom stereocenters. The van der Waals surface area contributed by atoms with Crippen LogP contribution in [0.5, 0.6) is 0 Å². The number of hydroxylamine groups is 1. The van der Waals surface area contributed by atoms with Crippen molar-refractivity contribution in [2.24, 2.45) is 0 Å². The van der Waals surface area contributed by atoms with E-state index in [9.17, 15) is 0 Å². The molecular formula is C9H11BrN2O. The van der Waals surface area contributed by atoms with Crippen molar-refractivity contribution in [2.75, 3.05) is 7.05 Å². The van der Waals surface area contributed by atoms with Crippen LogP contribution < -0.4 is 5.43 Å². The third-order valence-electron chi connectivity index (χ3n) is 2.02. The maximum Gasteiger partial charge on any atom is 0.110 e. The summed E-state index contributed by atoms with van der Waals surface area (Å²) >= 11 is 3.45. The van der Waals surface area contributed by atoms with Crippen LogP contribution in [0.3, 0.4) is 0 Å². The lowest BCUT2D eigenvalue weighted by molar-refractivity contribution is -0.190. The summed E-state index contributed by atoms with van der Waals surface area (Å²) in [6, 6.07) is 0. The predicted octanol–water partition coefficient (Wildman–Crippen LogP) is 1.86. The van der Waals surface area contributed by atoms with Gasteiger partial charge in [-0.3, -0.25) is 4.84 Å². The van der Waals surface area contributed by atoms with Crippen molar-refractivity contribution >= 4 is 15.9 Å². The van der Waals surface area contributed by atoms with Crippen LogP contribution in [0.25, 0.3) is 0 Å². The van der Waals surface area contributed by atoms with E-state index < -0.39 is 0 Å². The third-order valence-corrected chi connectivity index (χ3v) is 2.57. The molecule has 1 atom stereocenters. The smallest absolute Gasteiger partial charge is 0.110 e. The lowest BCUT2D eigenvalue weighted by Gasteiger charge is -2.22. The van der Waals surface area contributed by atoms with E-state index in [4.69, 9.17) is 4.84 Å². The standard InChI is InChI=1S/C9H11BrN2O/c1-12-11-5-4-7-6-8(10)2-3-9(7)13-12/h2,4-6,9,11H,3H2,1H3. The second kappa shape index (κ2) is 3.65. The summed E-state index contributed by atoms with van der Waals surface area (Å²) in [5.74, 6) is 0. The third kappa shape index (κ3) is 2.02. The van der Waals surface area contributed by atoms with Gasteiger partial charge >= 0.3 is 0 Å². The van der Waals surface area contributed by atoms with Crippen LogP contribution in [-0.4, -0.2) is 18.3 Å². The molecule has 0 spiro atoms. The second-order valence-corrected chi connectivity index (χ2v) is 3.94. The van der Waals surface area contributed by atoms with Gasteiger partial charge in [0.2, 0.25) is 0 Å². The minimum Gasteiger partial charge on any atom is -0.304 e. The van der Waals surface area contributed by atoms with Gasteiger partial charge in [-0.05, 0) is 24.1 Å². The molecule has 3 nitrogen and oxygen atoms in total. The molecule has 0 fully saturated rings. The summed E-state index contributed by atoms with van der Waals surface area (Å²) in [7, 11) is 1.85. The predicted molar refractivity (Wildman–Crippen MR) is 54.6 cm³/mol. The number of fused-ring (bicyclic) bond motifs is 1. The molecule has 2 aliphatic rings. The summed E-state index contributed by atoms with van der Waals surface area (Å²) in [6.45, 7) is 0. The first kappa shape index (κ1) is 8.99. The fraction of sp³-hybridized carbons (Fsp3) is 0.333. The molecule has 0 saturated heterocycles. The largest absolute Gasteiger partial charge is 0.304 e. The van der Waals surface area contributed by atoms with Gasteiger partial charge in [-0.2, -0.15) is 0 Å². The molecule has 0 saturated carbocycles. The summed E-state index contributed by atoms with van der Waals surface area (Å²) < 4.78 is 1.12. The maximum atomic E-state index is 5.59. The number of hydrogen-bond acceptors (Lipinski definition) is 3. The van der Waals surface area contributed by atoms with E-state index in [0.717, 1.165) is 10.9 Å². The van der Waals surface area contributed by atoms with Crippen molar-refractivity contribution < 1.29 is 4.84 Å².